The van der Waals surface area contributed by atoms with Crippen LogP contribution >= 0.6 is 0 Å². The van der Waals surface area contributed by atoms with E-state index in [-0.39, 0.29) is 17.5 Å². The SMILES string of the molecule is CC(C(=O)N1CCc2c(ncn(C)c2=O)C1)N1CCCCCC1. The first-order valence-corrected chi connectivity index (χ1v) is 8.64. The number of aromatic nitrogens is 2. The number of carbonyl (C=O) groups is 1. The van der Waals surface area contributed by atoms with Crippen LogP contribution in [0.4, 0.5) is 0 Å². The van der Waals surface area contributed by atoms with E-state index in [9.17, 15) is 9.59 Å². The number of carbonyl (C=O) groups excluding carboxylic acids is 1. The minimum atomic E-state index is -0.0822. The van der Waals surface area contributed by atoms with Gasteiger partial charge in [0.15, 0.2) is 0 Å². The Balaban J connectivity index is 1.71. The van der Waals surface area contributed by atoms with Gasteiger partial charge in [-0.15, -0.1) is 0 Å². The second kappa shape index (κ2) is 6.83. The van der Waals surface area contributed by atoms with Crippen LogP contribution in [-0.2, 0) is 24.8 Å². The molecule has 1 atom stereocenters. The predicted octanol–water partition coefficient (Wildman–Crippen LogP) is 0.929. The molecule has 126 valence electrons. The van der Waals surface area contributed by atoms with Crippen LogP contribution in [0.3, 0.4) is 0 Å². The van der Waals surface area contributed by atoms with Crippen LogP contribution in [0.15, 0.2) is 11.1 Å². The number of hydrogen-bond donors (Lipinski definition) is 0. The summed E-state index contributed by atoms with van der Waals surface area (Å²) in [6.07, 6.45) is 7.04. The van der Waals surface area contributed by atoms with Crippen molar-refractivity contribution in [3.05, 3.63) is 27.9 Å². The quantitative estimate of drug-likeness (QED) is 0.814. The van der Waals surface area contributed by atoms with Gasteiger partial charge in [0.25, 0.3) is 5.56 Å². The van der Waals surface area contributed by atoms with E-state index in [2.05, 4.69) is 9.88 Å². The molecule has 1 saturated heterocycles. The van der Waals surface area contributed by atoms with E-state index in [0.717, 1.165) is 24.3 Å². The number of fused-ring (bicyclic) bond motifs is 1. The minimum Gasteiger partial charge on any atom is -0.335 e. The Kier molecular flexibility index (Phi) is 4.80. The Morgan fingerprint density at radius 2 is 1.87 bits per heavy atom. The first-order valence-electron chi connectivity index (χ1n) is 8.64. The number of nitrogens with zero attached hydrogens (tertiary/aromatic N) is 4. The van der Waals surface area contributed by atoms with Crippen molar-refractivity contribution in [1.29, 1.82) is 0 Å². The average Bonchev–Trinajstić information content (AvgIpc) is 2.86. The van der Waals surface area contributed by atoms with Gasteiger partial charge in [-0.3, -0.25) is 14.5 Å². The molecule has 3 rings (SSSR count). The van der Waals surface area contributed by atoms with Crippen LogP contribution in [0.5, 0.6) is 0 Å². The number of likely N-dealkylation sites (tertiary alicyclic amines) is 1. The summed E-state index contributed by atoms with van der Waals surface area (Å²) in [5.74, 6) is 0.167. The highest BCUT2D eigenvalue weighted by atomic mass is 16.2. The first-order chi connectivity index (χ1) is 11.1. The van der Waals surface area contributed by atoms with Crippen molar-refractivity contribution >= 4 is 5.91 Å². The van der Waals surface area contributed by atoms with Crippen LogP contribution in [0.25, 0.3) is 0 Å². The van der Waals surface area contributed by atoms with E-state index in [1.54, 1.807) is 13.4 Å². The second-order valence-electron chi connectivity index (χ2n) is 6.72. The van der Waals surface area contributed by atoms with Crippen LogP contribution in [0.2, 0.25) is 0 Å². The van der Waals surface area contributed by atoms with Crippen molar-refractivity contribution in [3.63, 3.8) is 0 Å². The molecule has 1 aromatic rings. The lowest BCUT2D eigenvalue weighted by Gasteiger charge is -2.34. The maximum Gasteiger partial charge on any atom is 0.256 e. The van der Waals surface area contributed by atoms with Gasteiger partial charge in [0.2, 0.25) is 5.91 Å². The standard InChI is InChI=1S/C17H26N4O2/c1-13(20-8-5-3-4-6-9-20)16(22)21-10-7-14-15(11-21)18-12-19(2)17(14)23/h12-13H,3-11H2,1-2H3. The van der Waals surface area contributed by atoms with Gasteiger partial charge < -0.3 is 9.47 Å². The lowest BCUT2D eigenvalue weighted by Crippen LogP contribution is -2.49. The molecule has 3 heterocycles. The molecule has 1 amide bonds. The third-order valence-corrected chi connectivity index (χ3v) is 5.14. The molecule has 0 saturated carbocycles. The summed E-state index contributed by atoms with van der Waals surface area (Å²) in [4.78, 5) is 33.5. The predicted molar refractivity (Wildman–Crippen MR) is 88.1 cm³/mol. The Bertz CT molecular complexity index is 632. The normalized spacial score (nSPS) is 20.7. The molecule has 6 heteroatoms. The maximum absolute atomic E-state index is 12.8. The smallest absolute Gasteiger partial charge is 0.256 e. The molecule has 0 spiro atoms. The Morgan fingerprint density at radius 3 is 2.57 bits per heavy atom. The van der Waals surface area contributed by atoms with Gasteiger partial charge in [-0.25, -0.2) is 4.98 Å². The van der Waals surface area contributed by atoms with Gasteiger partial charge in [-0.05, 0) is 39.3 Å². The number of amides is 1. The zero-order chi connectivity index (χ0) is 16.4. The van der Waals surface area contributed by atoms with Crippen LogP contribution < -0.4 is 5.56 Å². The molecule has 23 heavy (non-hydrogen) atoms. The number of rotatable bonds is 2. The monoisotopic (exact) mass is 318 g/mol. The molecule has 2 aliphatic heterocycles. The Labute approximate surface area is 137 Å². The Hall–Kier alpha value is -1.69. The first kappa shape index (κ1) is 16.2. The fourth-order valence-electron chi connectivity index (χ4n) is 3.61. The van der Waals surface area contributed by atoms with Crippen molar-refractivity contribution < 1.29 is 4.79 Å². The van der Waals surface area contributed by atoms with E-state index in [4.69, 9.17) is 0 Å². The van der Waals surface area contributed by atoms with E-state index in [0.29, 0.717) is 19.5 Å². The molecule has 0 N–H and O–H groups in total. The summed E-state index contributed by atoms with van der Waals surface area (Å²) in [5, 5.41) is 0. The van der Waals surface area contributed by atoms with E-state index in [1.165, 1.54) is 30.3 Å². The summed E-state index contributed by atoms with van der Waals surface area (Å²) < 4.78 is 1.51. The molecule has 0 radical (unpaired) electrons. The largest absolute Gasteiger partial charge is 0.335 e. The summed E-state index contributed by atoms with van der Waals surface area (Å²) >= 11 is 0. The zero-order valence-electron chi connectivity index (χ0n) is 14.1. The highest BCUT2D eigenvalue weighted by Gasteiger charge is 2.30. The summed E-state index contributed by atoms with van der Waals surface area (Å²) in [7, 11) is 1.72. The van der Waals surface area contributed by atoms with Crippen LogP contribution in [0, 0.1) is 0 Å². The maximum atomic E-state index is 12.8. The van der Waals surface area contributed by atoms with E-state index < -0.39 is 0 Å². The molecule has 1 unspecified atom stereocenters. The fraction of sp³-hybridized carbons (Fsp3) is 0.706. The molecule has 1 aromatic heterocycles. The molecule has 0 aliphatic carbocycles. The lowest BCUT2D eigenvalue weighted by molar-refractivity contribution is -0.137. The summed E-state index contributed by atoms with van der Waals surface area (Å²) in [6.45, 7) is 5.11. The van der Waals surface area contributed by atoms with Gasteiger partial charge in [-0.2, -0.15) is 0 Å². The van der Waals surface area contributed by atoms with Gasteiger partial charge in [0, 0.05) is 19.2 Å². The van der Waals surface area contributed by atoms with Crippen molar-refractivity contribution in [2.75, 3.05) is 19.6 Å². The molecular weight excluding hydrogens is 292 g/mol. The van der Waals surface area contributed by atoms with Gasteiger partial charge in [0.05, 0.1) is 24.6 Å². The molecule has 0 aromatic carbocycles. The lowest BCUT2D eigenvalue weighted by atomic mass is 10.1. The van der Waals surface area contributed by atoms with Crippen LogP contribution in [-0.4, -0.2) is 50.9 Å². The highest BCUT2D eigenvalue weighted by molar-refractivity contribution is 5.81. The van der Waals surface area contributed by atoms with E-state index in [1.807, 2.05) is 11.8 Å². The third-order valence-electron chi connectivity index (χ3n) is 5.14. The minimum absolute atomic E-state index is 0.0164. The summed E-state index contributed by atoms with van der Waals surface area (Å²) in [5.41, 5.74) is 1.54. The fourth-order valence-corrected chi connectivity index (χ4v) is 3.61. The molecule has 1 fully saturated rings. The molecule has 2 aliphatic rings. The van der Waals surface area contributed by atoms with Gasteiger partial charge >= 0.3 is 0 Å². The summed E-state index contributed by atoms with van der Waals surface area (Å²) in [6, 6.07) is -0.0822. The van der Waals surface area contributed by atoms with Gasteiger partial charge in [0.1, 0.15) is 0 Å². The number of hydrogen-bond acceptors (Lipinski definition) is 4. The molecule has 0 bridgehead atoms. The highest BCUT2D eigenvalue weighted by Crippen LogP contribution is 2.18. The van der Waals surface area contributed by atoms with Gasteiger partial charge in [-0.1, -0.05) is 12.8 Å². The molecule has 6 nitrogen and oxygen atoms in total. The average molecular weight is 318 g/mol. The Morgan fingerprint density at radius 1 is 1.17 bits per heavy atom. The topological polar surface area (TPSA) is 58.4 Å². The van der Waals surface area contributed by atoms with E-state index >= 15 is 0 Å². The number of aryl methyl sites for hydroxylation is 1. The zero-order valence-corrected chi connectivity index (χ0v) is 14.1. The van der Waals surface area contributed by atoms with Crippen molar-refractivity contribution in [2.45, 2.75) is 51.6 Å². The molecular formula is C17H26N4O2. The second-order valence-corrected chi connectivity index (χ2v) is 6.72. The van der Waals surface area contributed by atoms with Crippen LogP contribution in [0.1, 0.15) is 43.9 Å². The van der Waals surface area contributed by atoms with Crippen molar-refractivity contribution in [1.82, 2.24) is 19.4 Å². The third kappa shape index (κ3) is 3.32. The van der Waals surface area contributed by atoms with Crippen molar-refractivity contribution in [2.24, 2.45) is 7.05 Å². The van der Waals surface area contributed by atoms with Crippen molar-refractivity contribution in [3.8, 4) is 0 Å².